The van der Waals surface area contributed by atoms with Gasteiger partial charge in [-0.25, -0.2) is 15.0 Å². The zero-order chi connectivity index (χ0) is 21.9. The summed E-state index contributed by atoms with van der Waals surface area (Å²) in [5, 5.41) is 0.540. The standard InChI is InChI=1S/C23H25N7O2/c1-32-19-4-2-18(3-5-19)28-10-12-30(13-11-28)23-25-15-20-21(27-23)7-9-29(22(20)31)8-6-17-14-24-16-26-17/h2-5,7,9,14-16H,6,8,10-13H2,1H3,(H,24,26). The number of H-pyrrole nitrogens is 1. The van der Waals surface area contributed by atoms with Gasteiger partial charge >= 0.3 is 0 Å². The van der Waals surface area contributed by atoms with E-state index in [-0.39, 0.29) is 5.56 Å². The number of hydrogen-bond acceptors (Lipinski definition) is 7. The van der Waals surface area contributed by atoms with Crippen LogP contribution >= 0.6 is 0 Å². The van der Waals surface area contributed by atoms with Crippen molar-refractivity contribution in [2.45, 2.75) is 13.0 Å². The Labute approximate surface area is 185 Å². The van der Waals surface area contributed by atoms with Gasteiger partial charge in [-0.05, 0) is 30.3 Å². The van der Waals surface area contributed by atoms with Gasteiger partial charge in [-0.1, -0.05) is 0 Å². The number of pyridine rings is 1. The number of hydrogen-bond donors (Lipinski definition) is 1. The molecule has 4 heterocycles. The molecule has 0 radical (unpaired) electrons. The molecule has 0 saturated carbocycles. The second kappa shape index (κ2) is 8.70. The minimum atomic E-state index is -0.0714. The molecule has 3 aromatic heterocycles. The molecular weight excluding hydrogens is 406 g/mol. The SMILES string of the molecule is COc1ccc(N2CCN(c3ncc4c(=O)n(CCc5cnc[nH]5)ccc4n3)CC2)cc1. The lowest BCUT2D eigenvalue weighted by Gasteiger charge is -2.36. The van der Waals surface area contributed by atoms with Gasteiger partial charge in [0.1, 0.15) is 5.75 Å². The fourth-order valence-corrected chi connectivity index (χ4v) is 4.01. The highest BCUT2D eigenvalue weighted by molar-refractivity contribution is 5.77. The van der Waals surface area contributed by atoms with Gasteiger partial charge in [-0.3, -0.25) is 4.79 Å². The number of rotatable bonds is 6. The predicted molar refractivity (Wildman–Crippen MR) is 124 cm³/mol. The van der Waals surface area contributed by atoms with E-state index in [1.807, 2.05) is 18.2 Å². The third kappa shape index (κ3) is 4.01. The number of methoxy groups -OCH3 is 1. The van der Waals surface area contributed by atoms with Crippen molar-refractivity contribution in [3.8, 4) is 5.75 Å². The summed E-state index contributed by atoms with van der Waals surface area (Å²) in [5.41, 5.74) is 2.78. The second-order valence-corrected chi connectivity index (χ2v) is 7.78. The molecular formula is C23H25N7O2. The first kappa shape index (κ1) is 20.0. The van der Waals surface area contributed by atoms with Crippen LogP contribution in [0.1, 0.15) is 5.69 Å². The van der Waals surface area contributed by atoms with E-state index in [0.29, 0.717) is 29.8 Å². The number of anilines is 2. The van der Waals surface area contributed by atoms with Crippen LogP contribution in [-0.4, -0.2) is 57.8 Å². The summed E-state index contributed by atoms with van der Waals surface area (Å²) in [6, 6.07) is 10.0. The Hall–Kier alpha value is -3.88. The zero-order valence-electron chi connectivity index (χ0n) is 17.9. The van der Waals surface area contributed by atoms with Gasteiger partial charge in [0.25, 0.3) is 5.56 Å². The Morgan fingerprint density at radius 3 is 2.53 bits per heavy atom. The molecule has 1 fully saturated rings. The predicted octanol–water partition coefficient (Wildman–Crippen LogP) is 2.09. The molecule has 0 unspecified atom stereocenters. The molecule has 1 aliphatic rings. The molecule has 164 valence electrons. The van der Waals surface area contributed by atoms with Crippen LogP contribution in [-0.2, 0) is 13.0 Å². The number of imidazole rings is 1. The van der Waals surface area contributed by atoms with Crippen LogP contribution in [0.4, 0.5) is 11.6 Å². The van der Waals surface area contributed by atoms with E-state index in [1.54, 1.807) is 36.6 Å². The third-order valence-corrected chi connectivity index (χ3v) is 5.89. The number of aromatic amines is 1. The molecule has 9 nitrogen and oxygen atoms in total. The molecule has 32 heavy (non-hydrogen) atoms. The lowest BCUT2D eigenvalue weighted by Crippen LogP contribution is -2.47. The first-order valence-corrected chi connectivity index (χ1v) is 10.7. The maximum atomic E-state index is 12.8. The quantitative estimate of drug-likeness (QED) is 0.500. The molecule has 5 rings (SSSR count). The van der Waals surface area contributed by atoms with Crippen molar-refractivity contribution < 1.29 is 4.74 Å². The minimum absolute atomic E-state index is 0.0714. The van der Waals surface area contributed by atoms with E-state index in [2.05, 4.69) is 41.9 Å². The summed E-state index contributed by atoms with van der Waals surface area (Å²) in [6.45, 7) is 3.97. The van der Waals surface area contributed by atoms with Crippen molar-refractivity contribution in [3.63, 3.8) is 0 Å². The summed E-state index contributed by atoms with van der Waals surface area (Å²) in [5.74, 6) is 1.53. The van der Waals surface area contributed by atoms with E-state index < -0.39 is 0 Å². The molecule has 0 aliphatic carbocycles. The van der Waals surface area contributed by atoms with Crippen LogP contribution in [0.5, 0.6) is 5.75 Å². The van der Waals surface area contributed by atoms with E-state index in [0.717, 1.165) is 37.6 Å². The third-order valence-electron chi connectivity index (χ3n) is 5.89. The Kier molecular flexibility index (Phi) is 5.45. The van der Waals surface area contributed by atoms with Gasteiger partial charge in [-0.15, -0.1) is 0 Å². The Balaban J connectivity index is 1.27. The van der Waals surface area contributed by atoms with Gasteiger partial charge in [-0.2, -0.15) is 0 Å². The normalized spacial score (nSPS) is 14.2. The van der Waals surface area contributed by atoms with Crippen molar-refractivity contribution in [2.75, 3.05) is 43.1 Å². The number of benzene rings is 1. The number of nitrogens with one attached hydrogen (secondary N) is 1. The first-order valence-electron chi connectivity index (χ1n) is 10.7. The van der Waals surface area contributed by atoms with Crippen molar-refractivity contribution >= 4 is 22.5 Å². The van der Waals surface area contributed by atoms with Crippen LogP contribution in [0.2, 0.25) is 0 Å². The molecule has 1 saturated heterocycles. The number of nitrogens with zero attached hydrogens (tertiary/aromatic N) is 6. The highest BCUT2D eigenvalue weighted by atomic mass is 16.5. The smallest absolute Gasteiger partial charge is 0.261 e. The fraction of sp³-hybridized carbons (Fsp3) is 0.304. The Morgan fingerprint density at radius 2 is 1.81 bits per heavy atom. The fourth-order valence-electron chi connectivity index (χ4n) is 4.01. The zero-order valence-corrected chi connectivity index (χ0v) is 17.9. The van der Waals surface area contributed by atoms with Crippen molar-refractivity contribution in [1.82, 2.24) is 24.5 Å². The lowest BCUT2D eigenvalue weighted by atomic mass is 10.2. The summed E-state index contributed by atoms with van der Waals surface area (Å²) >= 11 is 0. The van der Waals surface area contributed by atoms with Crippen molar-refractivity contribution in [2.24, 2.45) is 0 Å². The number of piperazine rings is 1. The molecule has 1 aliphatic heterocycles. The summed E-state index contributed by atoms with van der Waals surface area (Å²) in [6.07, 6.45) is 7.59. The van der Waals surface area contributed by atoms with Crippen LogP contribution in [0.25, 0.3) is 10.9 Å². The second-order valence-electron chi connectivity index (χ2n) is 7.78. The molecule has 4 aromatic rings. The monoisotopic (exact) mass is 431 g/mol. The van der Waals surface area contributed by atoms with Crippen LogP contribution in [0.3, 0.4) is 0 Å². The molecule has 0 amide bonds. The lowest BCUT2D eigenvalue weighted by molar-refractivity contribution is 0.415. The minimum Gasteiger partial charge on any atom is -0.497 e. The topological polar surface area (TPSA) is 92.2 Å². The summed E-state index contributed by atoms with van der Waals surface area (Å²) in [7, 11) is 1.67. The Bertz CT molecular complexity index is 1240. The average Bonchev–Trinajstić information content (AvgIpc) is 3.37. The Morgan fingerprint density at radius 1 is 1.03 bits per heavy atom. The molecule has 0 bridgehead atoms. The highest BCUT2D eigenvalue weighted by Gasteiger charge is 2.20. The first-order chi connectivity index (χ1) is 15.7. The number of fused-ring (bicyclic) bond motifs is 1. The number of aryl methyl sites for hydroxylation is 2. The molecule has 1 N–H and O–H groups in total. The summed E-state index contributed by atoms with van der Waals surface area (Å²) < 4.78 is 6.94. The van der Waals surface area contributed by atoms with Gasteiger partial charge in [0.05, 0.1) is 24.3 Å². The van der Waals surface area contributed by atoms with E-state index in [9.17, 15) is 4.79 Å². The number of ether oxygens (including phenoxy) is 1. The van der Waals surface area contributed by atoms with E-state index >= 15 is 0 Å². The van der Waals surface area contributed by atoms with Crippen LogP contribution in [0, 0.1) is 0 Å². The molecule has 9 heteroatoms. The maximum Gasteiger partial charge on any atom is 0.261 e. The largest absolute Gasteiger partial charge is 0.497 e. The molecule has 0 spiro atoms. The van der Waals surface area contributed by atoms with Gasteiger partial charge in [0.2, 0.25) is 5.95 Å². The van der Waals surface area contributed by atoms with Crippen LogP contribution in [0.15, 0.2) is 60.0 Å². The van der Waals surface area contributed by atoms with Crippen molar-refractivity contribution in [3.05, 3.63) is 71.3 Å². The highest BCUT2D eigenvalue weighted by Crippen LogP contribution is 2.22. The van der Waals surface area contributed by atoms with Crippen molar-refractivity contribution in [1.29, 1.82) is 0 Å². The van der Waals surface area contributed by atoms with E-state index in [4.69, 9.17) is 4.74 Å². The maximum absolute atomic E-state index is 12.8. The van der Waals surface area contributed by atoms with Gasteiger partial charge in [0.15, 0.2) is 0 Å². The van der Waals surface area contributed by atoms with E-state index in [1.165, 1.54) is 5.69 Å². The van der Waals surface area contributed by atoms with Gasteiger partial charge < -0.3 is 24.1 Å². The molecule has 1 aromatic carbocycles. The summed E-state index contributed by atoms with van der Waals surface area (Å²) in [4.78, 5) is 33.6. The average molecular weight is 432 g/mol. The van der Waals surface area contributed by atoms with Crippen LogP contribution < -0.4 is 20.1 Å². The molecule has 0 atom stereocenters. The number of aromatic nitrogens is 5. The van der Waals surface area contributed by atoms with Gasteiger partial charge in [0, 0.05) is 69.1 Å².